The summed E-state index contributed by atoms with van der Waals surface area (Å²) >= 11 is 1.62. The van der Waals surface area contributed by atoms with Gasteiger partial charge in [-0.05, 0) is 50.6 Å². The summed E-state index contributed by atoms with van der Waals surface area (Å²) in [6.45, 7) is 9.23. The van der Waals surface area contributed by atoms with Crippen LogP contribution in [0.15, 0.2) is 23.1 Å². The molecule has 0 bridgehead atoms. The lowest BCUT2D eigenvalue weighted by molar-refractivity contribution is 0.423. The maximum atomic E-state index is 13.9. The van der Waals surface area contributed by atoms with Gasteiger partial charge in [0.25, 0.3) is 0 Å². The number of thioether (sulfide) groups is 1. The van der Waals surface area contributed by atoms with E-state index < -0.39 is 0 Å². The van der Waals surface area contributed by atoms with E-state index in [1.165, 1.54) is 12.8 Å². The number of benzene rings is 1. The van der Waals surface area contributed by atoms with Crippen LogP contribution in [-0.2, 0) is 6.54 Å². The number of nitrogens with one attached hydrogen (secondary N) is 1. The van der Waals surface area contributed by atoms with Gasteiger partial charge in [0.05, 0.1) is 0 Å². The van der Waals surface area contributed by atoms with Gasteiger partial charge in [0, 0.05) is 17.0 Å². The molecule has 0 spiro atoms. The largest absolute Gasteiger partial charge is 0.308 e. The van der Waals surface area contributed by atoms with E-state index in [0.717, 1.165) is 22.6 Å². The van der Waals surface area contributed by atoms with Crippen LogP contribution in [0.2, 0.25) is 0 Å². The van der Waals surface area contributed by atoms with Crippen molar-refractivity contribution in [2.24, 2.45) is 0 Å². The first kappa shape index (κ1) is 16.5. The predicted molar refractivity (Wildman–Crippen MR) is 83.2 cm³/mol. The number of rotatable bonds is 7. The highest BCUT2D eigenvalue weighted by molar-refractivity contribution is 7.99. The maximum absolute atomic E-state index is 13.9. The van der Waals surface area contributed by atoms with Crippen LogP contribution >= 0.6 is 11.8 Å². The molecule has 0 fully saturated rings. The van der Waals surface area contributed by atoms with Gasteiger partial charge in [-0.3, -0.25) is 0 Å². The Hall–Kier alpha value is -0.540. The second-order valence-corrected chi connectivity index (χ2v) is 7.06. The highest BCUT2D eigenvalue weighted by Gasteiger charge is 2.09. The number of halogens is 1. The Morgan fingerprint density at radius 1 is 1.21 bits per heavy atom. The van der Waals surface area contributed by atoms with E-state index in [1.54, 1.807) is 17.8 Å². The molecule has 1 aromatic rings. The zero-order chi connectivity index (χ0) is 14.3. The monoisotopic (exact) mass is 283 g/mol. The Morgan fingerprint density at radius 2 is 1.95 bits per heavy atom. The summed E-state index contributed by atoms with van der Waals surface area (Å²) in [5.74, 6) is 0.916. The number of hydrogen-bond donors (Lipinski definition) is 1. The lowest BCUT2D eigenvalue weighted by Crippen LogP contribution is -2.35. The molecule has 0 aliphatic rings. The van der Waals surface area contributed by atoms with Crippen molar-refractivity contribution in [3.8, 4) is 0 Å². The van der Waals surface area contributed by atoms with Crippen LogP contribution in [0.1, 0.15) is 52.5 Å². The van der Waals surface area contributed by atoms with Crippen molar-refractivity contribution in [1.82, 2.24) is 5.32 Å². The zero-order valence-corrected chi connectivity index (χ0v) is 13.4. The standard InChI is InChI=1S/C16H26FNS/c1-5-6-7-10-19-15-9-8-13(11-14(15)17)12-18-16(2,3)4/h8-9,11,18H,5-7,10,12H2,1-4H3. The van der Waals surface area contributed by atoms with Gasteiger partial charge in [-0.15, -0.1) is 11.8 Å². The first-order valence-corrected chi connectivity index (χ1v) is 8.07. The van der Waals surface area contributed by atoms with Gasteiger partial charge in [-0.25, -0.2) is 4.39 Å². The minimum Gasteiger partial charge on any atom is -0.308 e. The van der Waals surface area contributed by atoms with Gasteiger partial charge < -0.3 is 5.32 Å². The molecule has 1 aromatic carbocycles. The van der Waals surface area contributed by atoms with Gasteiger partial charge in [0.1, 0.15) is 5.82 Å². The molecular weight excluding hydrogens is 257 g/mol. The molecule has 1 rings (SSSR count). The van der Waals surface area contributed by atoms with Gasteiger partial charge in [-0.2, -0.15) is 0 Å². The third-order valence-electron chi connectivity index (χ3n) is 2.82. The molecule has 0 aromatic heterocycles. The van der Waals surface area contributed by atoms with E-state index in [4.69, 9.17) is 0 Å². The van der Waals surface area contributed by atoms with Crippen LogP contribution in [0, 0.1) is 5.82 Å². The molecule has 0 saturated carbocycles. The molecule has 0 unspecified atom stereocenters. The van der Waals surface area contributed by atoms with Crippen molar-refractivity contribution >= 4 is 11.8 Å². The fourth-order valence-electron chi connectivity index (χ4n) is 1.67. The fraction of sp³-hybridized carbons (Fsp3) is 0.625. The summed E-state index contributed by atoms with van der Waals surface area (Å²) in [7, 11) is 0. The van der Waals surface area contributed by atoms with E-state index in [2.05, 4.69) is 33.0 Å². The summed E-state index contributed by atoms with van der Waals surface area (Å²) in [5, 5.41) is 3.37. The van der Waals surface area contributed by atoms with Crippen molar-refractivity contribution in [3.05, 3.63) is 29.6 Å². The molecule has 1 N–H and O–H groups in total. The summed E-state index contributed by atoms with van der Waals surface area (Å²) in [6, 6.07) is 5.58. The Bertz CT molecular complexity index is 385. The van der Waals surface area contributed by atoms with Crippen LogP contribution in [0.25, 0.3) is 0 Å². The molecular formula is C16H26FNS. The quantitative estimate of drug-likeness (QED) is 0.558. The summed E-state index contributed by atoms with van der Waals surface area (Å²) in [4.78, 5) is 0.774. The average Bonchev–Trinajstić information content (AvgIpc) is 2.33. The average molecular weight is 283 g/mol. The molecule has 0 aliphatic carbocycles. The molecule has 0 saturated heterocycles. The van der Waals surface area contributed by atoms with E-state index in [1.807, 2.05) is 12.1 Å². The Kier molecular flexibility index (Phi) is 6.87. The molecule has 108 valence electrons. The highest BCUT2D eigenvalue weighted by Crippen LogP contribution is 2.24. The first-order chi connectivity index (χ1) is 8.92. The number of unbranched alkanes of at least 4 members (excludes halogenated alkanes) is 2. The van der Waals surface area contributed by atoms with Gasteiger partial charge >= 0.3 is 0 Å². The SMILES string of the molecule is CCCCCSc1ccc(CNC(C)(C)C)cc1F. The van der Waals surface area contributed by atoms with Gasteiger partial charge in [0.15, 0.2) is 0 Å². The second kappa shape index (κ2) is 7.91. The number of hydrogen-bond acceptors (Lipinski definition) is 2. The van der Waals surface area contributed by atoms with Gasteiger partial charge in [-0.1, -0.05) is 25.8 Å². The normalized spacial score (nSPS) is 11.8. The van der Waals surface area contributed by atoms with Crippen LogP contribution < -0.4 is 5.32 Å². The molecule has 0 amide bonds. The molecule has 0 heterocycles. The molecule has 19 heavy (non-hydrogen) atoms. The smallest absolute Gasteiger partial charge is 0.137 e. The summed E-state index contributed by atoms with van der Waals surface area (Å²) in [6.07, 6.45) is 3.59. The molecule has 3 heteroatoms. The summed E-state index contributed by atoms with van der Waals surface area (Å²) < 4.78 is 13.9. The van der Waals surface area contributed by atoms with E-state index in [0.29, 0.717) is 6.54 Å². The van der Waals surface area contributed by atoms with Crippen molar-refractivity contribution in [1.29, 1.82) is 0 Å². The highest BCUT2D eigenvalue weighted by atomic mass is 32.2. The van der Waals surface area contributed by atoms with Crippen LogP contribution in [0.5, 0.6) is 0 Å². The molecule has 1 nitrogen and oxygen atoms in total. The van der Waals surface area contributed by atoms with E-state index in [-0.39, 0.29) is 11.4 Å². The predicted octanol–water partition coefficient (Wildman–Crippen LogP) is 5.00. The second-order valence-electron chi connectivity index (χ2n) is 5.92. The summed E-state index contributed by atoms with van der Waals surface area (Å²) in [5.41, 5.74) is 1.06. The maximum Gasteiger partial charge on any atom is 0.137 e. The Morgan fingerprint density at radius 3 is 2.53 bits per heavy atom. The van der Waals surface area contributed by atoms with Crippen molar-refractivity contribution < 1.29 is 4.39 Å². The van der Waals surface area contributed by atoms with Crippen molar-refractivity contribution in [2.75, 3.05) is 5.75 Å². The Labute approximate surface area is 121 Å². The fourth-order valence-corrected chi connectivity index (χ4v) is 2.60. The van der Waals surface area contributed by atoms with Crippen molar-refractivity contribution in [3.63, 3.8) is 0 Å². The third kappa shape index (κ3) is 6.98. The van der Waals surface area contributed by atoms with Crippen LogP contribution in [0.3, 0.4) is 0 Å². The molecule has 0 atom stereocenters. The van der Waals surface area contributed by atoms with Crippen molar-refractivity contribution in [2.45, 2.75) is 63.9 Å². The van der Waals surface area contributed by atoms with Crippen LogP contribution in [0.4, 0.5) is 4.39 Å². The molecule has 0 aliphatic heterocycles. The lowest BCUT2D eigenvalue weighted by Gasteiger charge is -2.20. The minimum absolute atomic E-state index is 0.0596. The lowest BCUT2D eigenvalue weighted by atomic mass is 10.1. The van der Waals surface area contributed by atoms with E-state index in [9.17, 15) is 4.39 Å². The topological polar surface area (TPSA) is 12.0 Å². The first-order valence-electron chi connectivity index (χ1n) is 7.08. The van der Waals surface area contributed by atoms with Crippen LogP contribution in [-0.4, -0.2) is 11.3 Å². The zero-order valence-electron chi connectivity index (χ0n) is 12.6. The van der Waals surface area contributed by atoms with E-state index >= 15 is 0 Å². The van der Waals surface area contributed by atoms with Gasteiger partial charge in [0.2, 0.25) is 0 Å². The molecule has 0 radical (unpaired) electrons. The minimum atomic E-state index is -0.0882. The third-order valence-corrected chi connectivity index (χ3v) is 3.96. The Balaban J connectivity index is 2.49.